The van der Waals surface area contributed by atoms with Crippen molar-refractivity contribution in [2.24, 2.45) is 0 Å². The molecule has 2 amide bonds. The zero-order valence-electron chi connectivity index (χ0n) is 17.7. The molecule has 31 heavy (non-hydrogen) atoms. The van der Waals surface area contributed by atoms with Gasteiger partial charge < -0.3 is 10.2 Å². The van der Waals surface area contributed by atoms with Crippen LogP contribution in [0.3, 0.4) is 0 Å². The van der Waals surface area contributed by atoms with Crippen molar-refractivity contribution in [3.05, 3.63) is 71.8 Å². The first kappa shape index (κ1) is 22.6. The molecule has 164 valence electrons. The van der Waals surface area contributed by atoms with E-state index in [-0.39, 0.29) is 16.7 Å². The third-order valence-electron chi connectivity index (χ3n) is 5.24. The van der Waals surface area contributed by atoms with Gasteiger partial charge in [-0.05, 0) is 62.6 Å². The molecule has 0 spiro atoms. The Labute approximate surface area is 183 Å². The predicted octanol–water partition coefficient (Wildman–Crippen LogP) is 3.01. The number of carbonyl (C=O) groups is 2. The average Bonchev–Trinajstić information content (AvgIpc) is 3.21. The molecule has 1 heterocycles. The number of hydrogen-bond acceptors (Lipinski definition) is 4. The second kappa shape index (κ2) is 9.34. The molecule has 2 N–H and O–H groups in total. The van der Waals surface area contributed by atoms with Crippen LogP contribution in [0.25, 0.3) is 0 Å². The van der Waals surface area contributed by atoms with Crippen molar-refractivity contribution in [1.29, 1.82) is 0 Å². The lowest BCUT2D eigenvalue weighted by atomic mass is 10.1. The maximum atomic E-state index is 12.9. The van der Waals surface area contributed by atoms with Crippen LogP contribution in [0.5, 0.6) is 0 Å². The van der Waals surface area contributed by atoms with Crippen LogP contribution in [0.4, 0.5) is 5.69 Å². The summed E-state index contributed by atoms with van der Waals surface area (Å²) >= 11 is 0. The second-order valence-electron chi connectivity index (χ2n) is 7.64. The summed E-state index contributed by atoms with van der Waals surface area (Å²) in [6, 6.07) is 10.9. The fourth-order valence-electron chi connectivity index (χ4n) is 3.73. The molecule has 2 aromatic rings. The molecule has 1 fully saturated rings. The number of carbonyl (C=O) groups excluding carboxylic acids is 2. The van der Waals surface area contributed by atoms with Gasteiger partial charge in [0.2, 0.25) is 5.91 Å². The number of hydrogen-bond donors (Lipinski definition) is 2. The van der Waals surface area contributed by atoms with Gasteiger partial charge in [0.15, 0.2) is 0 Å². The average molecular weight is 442 g/mol. The summed E-state index contributed by atoms with van der Waals surface area (Å²) in [6.45, 7) is 8.09. The Bertz CT molecular complexity index is 1090. The van der Waals surface area contributed by atoms with E-state index in [1.165, 1.54) is 0 Å². The maximum Gasteiger partial charge on any atom is 0.262 e. The second-order valence-corrected chi connectivity index (χ2v) is 9.29. The highest BCUT2D eigenvalue weighted by molar-refractivity contribution is 7.92. The summed E-state index contributed by atoms with van der Waals surface area (Å²) in [6.07, 6.45) is 2.96. The van der Waals surface area contributed by atoms with Crippen LogP contribution in [-0.4, -0.2) is 44.3 Å². The molecule has 0 aromatic heterocycles. The summed E-state index contributed by atoms with van der Waals surface area (Å²) in [4.78, 5) is 27.0. The number of sulfonamides is 1. The van der Waals surface area contributed by atoms with Gasteiger partial charge in [-0.3, -0.25) is 14.3 Å². The topological polar surface area (TPSA) is 95.6 Å². The lowest BCUT2D eigenvalue weighted by Crippen LogP contribution is -2.46. The van der Waals surface area contributed by atoms with Crippen molar-refractivity contribution in [2.75, 3.05) is 17.8 Å². The fraction of sp³-hybridized carbons (Fsp3) is 0.304. The van der Waals surface area contributed by atoms with E-state index in [1.54, 1.807) is 54.3 Å². The highest BCUT2D eigenvalue weighted by Crippen LogP contribution is 2.23. The van der Waals surface area contributed by atoms with Crippen molar-refractivity contribution in [1.82, 2.24) is 10.2 Å². The number of aryl methyl sites for hydroxylation is 2. The van der Waals surface area contributed by atoms with Crippen molar-refractivity contribution in [3.8, 4) is 0 Å². The van der Waals surface area contributed by atoms with E-state index in [0.717, 1.165) is 12.0 Å². The predicted molar refractivity (Wildman–Crippen MR) is 120 cm³/mol. The lowest BCUT2D eigenvalue weighted by molar-refractivity contribution is -0.124. The van der Waals surface area contributed by atoms with E-state index in [4.69, 9.17) is 0 Å². The van der Waals surface area contributed by atoms with E-state index < -0.39 is 16.1 Å². The molecule has 0 aliphatic carbocycles. The van der Waals surface area contributed by atoms with Gasteiger partial charge in [-0.1, -0.05) is 23.8 Å². The largest absolute Gasteiger partial charge is 0.351 e. The van der Waals surface area contributed by atoms with Crippen LogP contribution in [-0.2, 0) is 14.8 Å². The van der Waals surface area contributed by atoms with Crippen LogP contribution in [0.15, 0.2) is 60.0 Å². The molecule has 3 rings (SSSR count). The molecule has 0 radical (unpaired) electrons. The van der Waals surface area contributed by atoms with Crippen LogP contribution in [0, 0.1) is 13.8 Å². The van der Waals surface area contributed by atoms with Crippen LogP contribution >= 0.6 is 0 Å². The number of benzene rings is 2. The Morgan fingerprint density at radius 1 is 1.16 bits per heavy atom. The van der Waals surface area contributed by atoms with E-state index in [1.807, 2.05) is 13.0 Å². The molecule has 0 saturated carbocycles. The van der Waals surface area contributed by atoms with Gasteiger partial charge >= 0.3 is 0 Å². The molecule has 0 unspecified atom stereocenters. The van der Waals surface area contributed by atoms with Crippen LogP contribution in [0.1, 0.15) is 34.3 Å². The molecule has 1 aliphatic rings. The van der Waals surface area contributed by atoms with Crippen molar-refractivity contribution in [2.45, 2.75) is 37.6 Å². The highest BCUT2D eigenvalue weighted by atomic mass is 32.2. The van der Waals surface area contributed by atoms with Gasteiger partial charge in [0, 0.05) is 24.3 Å². The monoisotopic (exact) mass is 441 g/mol. The third kappa shape index (κ3) is 5.14. The molecule has 1 aliphatic heterocycles. The molecule has 8 heteroatoms. The van der Waals surface area contributed by atoms with Crippen LogP contribution < -0.4 is 10.0 Å². The number of rotatable bonds is 7. The maximum absolute atomic E-state index is 12.9. The zero-order valence-corrected chi connectivity index (χ0v) is 18.5. The molecule has 2 aromatic carbocycles. The summed E-state index contributed by atoms with van der Waals surface area (Å²) in [5.74, 6) is -0.441. The Kier molecular flexibility index (Phi) is 6.80. The summed E-state index contributed by atoms with van der Waals surface area (Å²) in [7, 11) is -3.74. The zero-order chi connectivity index (χ0) is 22.6. The van der Waals surface area contributed by atoms with Gasteiger partial charge in [0.05, 0.1) is 4.90 Å². The Morgan fingerprint density at radius 2 is 1.87 bits per heavy atom. The minimum atomic E-state index is -3.74. The Morgan fingerprint density at radius 3 is 2.52 bits per heavy atom. The number of nitrogens with zero attached hydrogens (tertiary/aromatic N) is 1. The van der Waals surface area contributed by atoms with E-state index in [0.29, 0.717) is 36.3 Å². The minimum absolute atomic E-state index is 0.191. The molecule has 1 atom stereocenters. The minimum Gasteiger partial charge on any atom is -0.351 e. The van der Waals surface area contributed by atoms with Crippen molar-refractivity contribution < 1.29 is 18.0 Å². The standard InChI is InChI=1S/C23H27N3O4S/c1-4-13-24-22(27)20-6-5-14-26(20)23(28)18-8-10-19(11-9-18)25-31(29,30)21-12-7-16(2)15-17(21)3/h4,7-12,15,20,25H,1,5-6,13-14H2,2-3H3,(H,24,27)/t20-/m0/s1. The van der Waals surface area contributed by atoms with Crippen molar-refractivity contribution >= 4 is 27.5 Å². The van der Waals surface area contributed by atoms with Gasteiger partial charge in [0.1, 0.15) is 6.04 Å². The molecular formula is C23H27N3O4S. The molecule has 7 nitrogen and oxygen atoms in total. The van der Waals surface area contributed by atoms with Gasteiger partial charge in [-0.25, -0.2) is 8.42 Å². The van der Waals surface area contributed by atoms with Crippen LogP contribution in [0.2, 0.25) is 0 Å². The Balaban J connectivity index is 1.73. The highest BCUT2D eigenvalue weighted by Gasteiger charge is 2.34. The van der Waals surface area contributed by atoms with E-state index >= 15 is 0 Å². The smallest absolute Gasteiger partial charge is 0.262 e. The SMILES string of the molecule is C=CCNC(=O)[C@@H]1CCCN1C(=O)c1ccc(NS(=O)(=O)c2ccc(C)cc2C)cc1. The first-order valence-electron chi connectivity index (χ1n) is 10.1. The lowest BCUT2D eigenvalue weighted by Gasteiger charge is -2.24. The number of nitrogens with one attached hydrogen (secondary N) is 2. The normalized spacial score (nSPS) is 16.1. The van der Waals surface area contributed by atoms with Crippen molar-refractivity contribution in [3.63, 3.8) is 0 Å². The van der Waals surface area contributed by atoms with Gasteiger partial charge in [-0.2, -0.15) is 0 Å². The fourth-order valence-corrected chi connectivity index (χ4v) is 5.02. The number of amides is 2. The quantitative estimate of drug-likeness (QED) is 0.646. The summed E-state index contributed by atoms with van der Waals surface area (Å²) in [5.41, 5.74) is 2.41. The summed E-state index contributed by atoms with van der Waals surface area (Å²) < 4.78 is 28.0. The van der Waals surface area contributed by atoms with E-state index in [2.05, 4.69) is 16.6 Å². The van der Waals surface area contributed by atoms with Gasteiger partial charge in [-0.15, -0.1) is 6.58 Å². The molecule has 1 saturated heterocycles. The number of likely N-dealkylation sites (tertiary alicyclic amines) is 1. The van der Waals surface area contributed by atoms with E-state index in [9.17, 15) is 18.0 Å². The first-order chi connectivity index (χ1) is 14.7. The first-order valence-corrected chi connectivity index (χ1v) is 11.6. The molecular weight excluding hydrogens is 414 g/mol. The Hall–Kier alpha value is -3.13. The number of anilines is 1. The molecule has 0 bridgehead atoms. The third-order valence-corrected chi connectivity index (χ3v) is 6.78. The van der Waals surface area contributed by atoms with Gasteiger partial charge in [0.25, 0.3) is 15.9 Å². The summed E-state index contributed by atoms with van der Waals surface area (Å²) in [5, 5.41) is 2.74.